The Morgan fingerprint density at radius 2 is 1.70 bits per heavy atom. The average Bonchev–Trinajstić information content (AvgIpc) is 3.43. The number of hydrogen-bond acceptors (Lipinski definition) is 8. The molecule has 2 N–H and O–H groups in total. The van der Waals surface area contributed by atoms with E-state index in [9.17, 15) is 37.5 Å². The fourth-order valence-corrected chi connectivity index (χ4v) is 8.16. The van der Waals surface area contributed by atoms with Gasteiger partial charge in [0.1, 0.15) is 23.3 Å². The Hall–Kier alpha value is -4.56. The zero-order valence-corrected chi connectivity index (χ0v) is 24.3. The molecule has 6 rings (SSSR count). The zero-order chi connectivity index (χ0) is 31.3. The number of aromatic nitrogens is 1. The number of alkyl halides is 3. The van der Waals surface area contributed by atoms with Crippen LogP contribution < -0.4 is 19.8 Å². The molecule has 0 saturated carbocycles. The molecule has 1 aromatic heterocycles. The highest BCUT2D eigenvalue weighted by Crippen LogP contribution is 2.54. The highest BCUT2D eigenvalue weighted by atomic mass is 32.2. The minimum absolute atomic E-state index is 0.0453. The molecule has 2 aliphatic rings. The minimum atomic E-state index is -4.69. The van der Waals surface area contributed by atoms with Gasteiger partial charge in [-0.25, -0.2) is 4.90 Å². The van der Waals surface area contributed by atoms with E-state index >= 15 is 0 Å². The number of amides is 3. The van der Waals surface area contributed by atoms with Gasteiger partial charge in [0.2, 0.25) is 17.7 Å². The molecular weight excluding hydrogens is 619 g/mol. The molecule has 3 amide bonds. The maximum Gasteiger partial charge on any atom is 0.416 e. The molecule has 0 spiro atoms. The molecule has 0 radical (unpaired) electrons. The van der Waals surface area contributed by atoms with Gasteiger partial charge in [-0.05, 0) is 60.2 Å². The summed E-state index contributed by atoms with van der Waals surface area (Å²) in [6.45, 7) is -0.386. The molecule has 9 nitrogen and oxygen atoms in total. The first-order valence-corrected chi connectivity index (χ1v) is 14.8. The number of thioether (sulfide) groups is 1. The lowest BCUT2D eigenvalue weighted by atomic mass is 9.83. The van der Waals surface area contributed by atoms with Gasteiger partial charge in [-0.15, -0.1) is 0 Å². The third kappa shape index (κ3) is 5.24. The van der Waals surface area contributed by atoms with E-state index in [0.29, 0.717) is 26.9 Å². The predicted molar refractivity (Wildman–Crippen MR) is 157 cm³/mol. The molecule has 2 unspecified atom stereocenters. The van der Waals surface area contributed by atoms with Crippen molar-refractivity contribution in [3.63, 3.8) is 0 Å². The number of imide groups is 1. The monoisotopic (exact) mass is 641 g/mol. The molecule has 3 heterocycles. The van der Waals surface area contributed by atoms with Crippen LogP contribution in [0.1, 0.15) is 21.9 Å². The van der Waals surface area contributed by atoms with E-state index in [2.05, 4.69) is 5.32 Å². The number of thiazole rings is 1. The van der Waals surface area contributed by atoms with Crippen LogP contribution in [0.5, 0.6) is 11.5 Å². The number of phenols is 1. The van der Waals surface area contributed by atoms with E-state index in [0.717, 1.165) is 46.2 Å². The summed E-state index contributed by atoms with van der Waals surface area (Å²) >= 11 is 1.77. The van der Waals surface area contributed by atoms with Gasteiger partial charge in [0, 0.05) is 16.5 Å². The van der Waals surface area contributed by atoms with Gasteiger partial charge in [0.25, 0.3) is 0 Å². The summed E-state index contributed by atoms with van der Waals surface area (Å²) in [6, 6.07) is 16.5. The van der Waals surface area contributed by atoms with E-state index in [1.807, 2.05) is 0 Å². The van der Waals surface area contributed by atoms with Crippen LogP contribution in [0, 0.1) is 5.92 Å². The summed E-state index contributed by atoms with van der Waals surface area (Å²) in [5.41, 5.74) is -0.240. The van der Waals surface area contributed by atoms with Gasteiger partial charge in [-0.2, -0.15) is 13.2 Å². The molecule has 4 aromatic rings. The number of carbonyl (C=O) groups excluding carboxylic acids is 3. The number of nitrogens with one attached hydrogen (secondary N) is 1. The molecule has 44 heavy (non-hydrogen) atoms. The molecule has 0 aliphatic carbocycles. The Morgan fingerprint density at radius 1 is 1.00 bits per heavy atom. The van der Waals surface area contributed by atoms with Crippen LogP contribution in [0.15, 0.2) is 82.6 Å². The molecule has 1 fully saturated rings. The van der Waals surface area contributed by atoms with Gasteiger partial charge < -0.3 is 15.2 Å². The Morgan fingerprint density at radius 3 is 2.36 bits per heavy atom. The average molecular weight is 642 g/mol. The van der Waals surface area contributed by atoms with E-state index in [4.69, 9.17) is 4.74 Å². The van der Waals surface area contributed by atoms with Crippen LogP contribution >= 0.6 is 23.1 Å². The van der Waals surface area contributed by atoms with E-state index in [1.54, 1.807) is 36.4 Å². The van der Waals surface area contributed by atoms with Crippen molar-refractivity contribution < 1.29 is 37.4 Å². The number of carbonyl (C=O) groups is 3. The third-order valence-corrected chi connectivity index (χ3v) is 10.0. The van der Waals surface area contributed by atoms with Gasteiger partial charge in [-0.1, -0.05) is 41.3 Å². The number of nitrogens with zero attached hydrogens (tertiary/aromatic N) is 2. The summed E-state index contributed by atoms with van der Waals surface area (Å²) in [5, 5.41) is 11.8. The van der Waals surface area contributed by atoms with Crippen LogP contribution in [0.3, 0.4) is 0 Å². The predicted octanol–water partition coefficient (Wildman–Crippen LogP) is 5.08. The zero-order valence-electron chi connectivity index (χ0n) is 22.7. The quantitative estimate of drug-likeness (QED) is 0.282. The molecule has 2 aliphatic heterocycles. The SMILES string of the molecule is COc1ccc(NC(=O)Cn2c3c(sc2=O)[C@@H](c2ccc(O)cc2)C2C(=O)N(c4cccc(C(F)(F)F)c4)C(=O)C2S3)cc1. The van der Waals surface area contributed by atoms with E-state index in [-0.39, 0.29) is 18.0 Å². The van der Waals surface area contributed by atoms with Crippen molar-refractivity contribution >= 4 is 52.2 Å². The van der Waals surface area contributed by atoms with Crippen molar-refractivity contribution in [2.75, 3.05) is 17.3 Å². The largest absolute Gasteiger partial charge is 0.508 e. The fourth-order valence-electron chi connectivity index (χ4n) is 5.39. The number of phenolic OH excluding ortho intramolecular Hbond substituents is 1. The molecule has 3 aromatic carbocycles. The minimum Gasteiger partial charge on any atom is -0.508 e. The highest BCUT2D eigenvalue weighted by molar-refractivity contribution is 8.00. The van der Waals surface area contributed by atoms with E-state index < -0.39 is 51.4 Å². The summed E-state index contributed by atoms with van der Waals surface area (Å²) in [6.07, 6.45) is -4.69. The standard InChI is InChI=1S/C30H22F3N3O6S2/c1-42-20-11-7-17(8-12-20)34-21(38)14-35-28-25(44-29(35)41)22(15-5-9-19(37)10-6-15)23-24(43-28)27(40)36(26(23)39)18-4-2-3-16(13-18)30(31,32)33/h2-13,22-24,37H,14H2,1H3,(H,34,38)/t22-,23?,24?/m0/s1. The number of aromatic hydroxyl groups is 1. The lowest BCUT2D eigenvalue weighted by molar-refractivity contribution is -0.137. The Bertz CT molecular complexity index is 1840. The number of benzene rings is 3. The van der Waals surface area contributed by atoms with Gasteiger partial charge in [0.15, 0.2) is 0 Å². The number of ether oxygens (including phenoxy) is 1. The number of anilines is 2. The van der Waals surface area contributed by atoms with Gasteiger partial charge >= 0.3 is 11.0 Å². The molecule has 3 atom stereocenters. The summed E-state index contributed by atoms with van der Waals surface area (Å²) < 4.78 is 46.8. The van der Waals surface area contributed by atoms with Crippen LogP contribution in [-0.4, -0.2) is 39.8 Å². The van der Waals surface area contributed by atoms with Crippen molar-refractivity contribution in [3.8, 4) is 11.5 Å². The summed E-state index contributed by atoms with van der Waals surface area (Å²) in [5.74, 6) is -3.30. The number of fused-ring (bicyclic) bond motifs is 2. The molecule has 226 valence electrons. The van der Waals surface area contributed by atoms with Crippen molar-refractivity contribution in [2.24, 2.45) is 5.92 Å². The first-order valence-electron chi connectivity index (χ1n) is 13.1. The summed E-state index contributed by atoms with van der Waals surface area (Å²) in [7, 11) is 1.51. The molecule has 14 heteroatoms. The van der Waals surface area contributed by atoms with Gasteiger partial charge in [0.05, 0.1) is 29.3 Å². The Kier molecular flexibility index (Phi) is 7.49. The summed E-state index contributed by atoms with van der Waals surface area (Å²) in [4.78, 5) is 54.7. The highest BCUT2D eigenvalue weighted by Gasteiger charge is 2.57. The fraction of sp³-hybridized carbons (Fsp3) is 0.200. The van der Waals surface area contributed by atoms with Crippen molar-refractivity contribution in [1.29, 1.82) is 0 Å². The lowest BCUT2D eigenvalue weighted by Gasteiger charge is -2.30. The van der Waals surface area contributed by atoms with Crippen LogP contribution in [0.25, 0.3) is 0 Å². The van der Waals surface area contributed by atoms with Crippen molar-refractivity contribution in [2.45, 2.75) is 28.9 Å². The van der Waals surface area contributed by atoms with Crippen molar-refractivity contribution in [3.05, 3.63) is 98.5 Å². The normalized spacial score (nSPS) is 19.5. The molecule has 1 saturated heterocycles. The first kappa shape index (κ1) is 29.5. The topological polar surface area (TPSA) is 118 Å². The Labute approximate surface area is 255 Å². The third-order valence-electron chi connectivity index (χ3n) is 7.41. The number of methoxy groups -OCH3 is 1. The smallest absolute Gasteiger partial charge is 0.416 e. The maximum absolute atomic E-state index is 13.9. The first-order chi connectivity index (χ1) is 21.0. The van der Waals surface area contributed by atoms with Gasteiger partial charge in [-0.3, -0.25) is 23.7 Å². The molecule has 0 bridgehead atoms. The van der Waals surface area contributed by atoms with E-state index in [1.165, 1.54) is 29.9 Å². The molecular formula is C30H22F3N3O6S2. The van der Waals surface area contributed by atoms with Crippen molar-refractivity contribution in [1.82, 2.24) is 4.57 Å². The lowest BCUT2D eigenvalue weighted by Crippen LogP contribution is -2.33. The van der Waals surface area contributed by atoms with Crippen LogP contribution in [0.2, 0.25) is 0 Å². The van der Waals surface area contributed by atoms with Crippen LogP contribution in [0.4, 0.5) is 24.5 Å². The number of halogens is 3. The number of hydrogen-bond donors (Lipinski definition) is 2. The van der Waals surface area contributed by atoms with Crippen LogP contribution in [-0.2, 0) is 27.1 Å². The Balaban J connectivity index is 1.39. The second-order valence-electron chi connectivity index (χ2n) is 10.1. The number of rotatable bonds is 6. The second kappa shape index (κ2) is 11.2. The maximum atomic E-state index is 13.9. The second-order valence-corrected chi connectivity index (χ2v) is 12.2.